The summed E-state index contributed by atoms with van der Waals surface area (Å²) in [4.78, 5) is 35.7. The second kappa shape index (κ2) is 9.40. The number of ether oxygens (including phenoxy) is 3. The largest absolute Gasteiger partial charge is 0.497 e. The predicted molar refractivity (Wildman–Crippen MR) is 104 cm³/mol. The van der Waals surface area contributed by atoms with Gasteiger partial charge in [-0.1, -0.05) is 0 Å². The van der Waals surface area contributed by atoms with E-state index in [1.165, 1.54) is 34.1 Å². The van der Waals surface area contributed by atoms with E-state index < -0.39 is 18.0 Å². The fraction of sp³-hybridized carbons (Fsp3) is 0.250. The van der Waals surface area contributed by atoms with Gasteiger partial charge in [-0.25, -0.2) is 4.79 Å². The molecule has 0 spiro atoms. The van der Waals surface area contributed by atoms with Gasteiger partial charge in [-0.3, -0.25) is 9.59 Å². The number of hydrogen-bond donors (Lipinski definition) is 2. The van der Waals surface area contributed by atoms with E-state index in [0.717, 1.165) is 0 Å². The van der Waals surface area contributed by atoms with E-state index in [0.29, 0.717) is 17.1 Å². The molecule has 2 aromatic carbocycles. The van der Waals surface area contributed by atoms with Crippen molar-refractivity contribution < 1.29 is 28.6 Å². The van der Waals surface area contributed by atoms with E-state index in [-0.39, 0.29) is 17.2 Å². The van der Waals surface area contributed by atoms with Gasteiger partial charge < -0.3 is 24.8 Å². The number of nitrogens with one attached hydrogen (secondary N) is 2. The van der Waals surface area contributed by atoms with Crippen molar-refractivity contribution >= 4 is 29.2 Å². The fourth-order valence-corrected chi connectivity index (χ4v) is 2.33. The van der Waals surface area contributed by atoms with Crippen molar-refractivity contribution in [2.75, 3.05) is 24.9 Å². The average Bonchev–Trinajstić information content (AvgIpc) is 2.68. The van der Waals surface area contributed by atoms with Crippen LogP contribution in [0.4, 0.5) is 11.4 Å². The number of amides is 2. The molecule has 2 rings (SSSR count). The van der Waals surface area contributed by atoms with Gasteiger partial charge in [-0.15, -0.1) is 0 Å². The Morgan fingerprint density at radius 3 is 2.04 bits per heavy atom. The van der Waals surface area contributed by atoms with Gasteiger partial charge >= 0.3 is 5.97 Å². The van der Waals surface area contributed by atoms with Crippen LogP contribution in [-0.4, -0.2) is 38.1 Å². The maximum absolute atomic E-state index is 12.4. The van der Waals surface area contributed by atoms with Crippen LogP contribution in [0.5, 0.6) is 11.5 Å². The topological polar surface area (TPSA) is 103 Å². The molecule has 0 aromatic heterocycles. The van der Waals surface area contributed by atoms with E-state index in [2.05, 4.69) is 10.6 Å². The molecule has 0 aliphatic carbocycles. The van der Waals surface area contributed by atoms with Crippen LogP contribution in [0, 0.1) is 0 Å². The Morgan fingerprint density at radius 2 is 1.50 bits per heavy atom. The SMILES string of the molecule is COc1ccc(C(=O)O[C@@H](C)C(=O)Nc2ccc(NC(C)=O)cc2)c(OC)c1. The first-order valence-electron chi connectivity index (χ1n) is 8.45. The average molecular weight is 386 g/mol. The van der Waals surface area contributed by atoms with Crippen molar-refractivity contribution in [3.8, 4) is 11.5 Å². The molecular formula is C20H22N2O6. The van der Waals surface area contributed by atoms with Gasteiger partial charge in [0.25, 0.3) is 5.91 Å². The molecule has 0 aliphatic rings. The first kappa shape index (κ1) is 20.8. The van der Waals surface area contributed by atoms with Gasteiger partial charge in [-0.2, -0.15) is 0 Å². The Kier molecular flexibility index (Phi) is 6.97. The lowest BCUT2D eigenvalue weighted by atomic mass is 10.2. The summed E-state index contributed by atoms with van der Waals surface area (Å²) < 4.78 is 15.5. The Hall–Kier alpha value is -3.55. The summed E-state index contributed by atoms with van der Waals surface area (Å²) in [5.74, 6) is -0.560. The van der Waals surface area contributed by atoms with Crippen molar-refractivity contribution in [3.05, 3.63) is 48.0 Å². The van der Waals surface area contributed by atoms with Gasteiger partial charge in [-0.05, 0) is 43.3 Å². The predicted octanol–water partition coefficient (Wildman–Crippen LogP) is 2.85. The molecule has 0 bridgehead atoms. The lowest BCUT2D eigenvalue weighted by Gasteiger charge is -2.15. The Balaban J connectivity index is 2.00. The summed E-state index contributed by atoms with van der Waals surface area (Å²) in [5, 5.41) is 5.28. The van der Waals surface area contributed by atoms with Crippen LogP contribution < -0.4 is 20.1 Å². The molecule has 0 heterocycles. The molecule has 0 unspecified atom stereocenters. The second-order valence-corrected chi connectivity index (χ2v) is 5.86. The standard InChI is InChI=1S/C20H22N2O6/c1-12(19(24)22-15-7-5-14(6-8-15)21-13(2)23)28-20(25)17-10-9-16(26-3)11-18(17)27-4/h5-12H,1-4H3,(H,21,23)(H,22,24)/t12-/m0/s1. The number of anilines is 2. The molecule has 28 heavy (non-hydrogen) atoms. The molecule has 0 aliphatic heterocycles. The number of esters is 1. The van der Waals surface area contributed by atoms with Crippen LogP contribution >= 0.6 is 0 Å². The maximum atomic E-state index is 12.4. The van der Waals surface area contributed by atoms with E-state index >= 15 is 0 Å². The normalized spacial score (nSPS) is 11.1. The number of carbonyl (C=O) groups excluding carboxylic acids is 3. The Morgan fingerprint density at radius 1 is 0.893 bits per heavy atom. The molecule has 1 atom stereocenters. The van der Waals surface area contributed by atoms with Gasteiger partial charge in [0.2, 0.25) is 5.91 Å². The first-order chi connectivity index (χ1) is 13.3. The summed E-state index contributed by atoms with van der Waals surface area (Å²) in [6.45, 7) is 2.87. The first-order valence-corrected chi connectivity index (χ1v) is 8.45. The lowest BCUT2D eigenvalue weighted by molar-refractivity contribution is -0.123. The number of hydrogen-bond acceptors (Lipinski definition) is 6. The molecule has 8 nitrogen and oxygen atoms in total. The summed E-state index contributed by atoms with van der Waals surface area (Å²) in [7, 11) is 2.92. The van der Waals surface area contributed by atoms with Crippen LogP contribution in [0.15, 0.2) is 42.5 Å². The zero-order valence-corrected chi connectivity index (χ0v) is 16.1. The van der Waals surface area contributed by atoms with Crippen molar-refractivity contribution in [2.45, 2.75) is 20.0 Å². The molecule has 0 fully saturated rings. The molecule has 0 radical (unpaired) electrons. The van der Waals surface area contributed by atoms with Crippen LogP contribution in [0.2, 0.25) is 0 Å². The molecule has 8 heteroatoms. The van der Waals surface area contributed by atoms with Crippen molar-refractivity contribution in [3.63, 3.8) is 0 Å². The van der Waals surface area contributed by atoms with E-state index in [4.69, 9.17) is 14.2 Å². The fourth-order valence-electron chi connectivity index (χ4n) is 2.33. The third-order valence-corrected chi connectivity index (χ3v) is 3.75. The van der Waals surface area contributed by atoms with Crippen LogP contribution in [0.3, 0.4) is 0 Å². The van der Waals surface area contributed by atoms with Crippen LogP contribution in [0.25, 0.3) is 0 Å². The number of benzene rings is 2. The summed E-state index contributed by atoms with van der Waals surface area (Å²) in [6, 6.07) is 11.2. The van der Waals surface area contributed by atoms with E-state index in [1.54, 1.807) is 36.4 Å². The van der Waals surface area contributed by atoms with Gasteiger partial charge in [0, 0.05) is 24.4 Å². The Bertz CT molecular complexity index is 863. The quantitative estimate of drug-likeness (QED) is 0.710. The Labute approximate surface area is 162 Å². The molecule has 2 aromatic rings. The third-order valence-electron chi connectivity index (χ3n) is 3.75. The highest BCUT2D eigenvalue weighted by Crippen LogP contribution is 2.25. The monoisotopic (exact) mass is 386 g/mol. The second-order valence-electron chi connectivity index (χ2n) is 5.86. The molecule has 0 saturated heterocycles. The summed E-state index contributed by atoms with van der Waals surface area (Å²) in [5.41, 5.74) is 1.29. The number of rotatable bonds is 7. The van der Waals surface area contributed by atoms with Gasteiger partial charge in [0.15, 0.2) is 6.10 Å². The molecule has 148 valence electrons. The lowest BCUT2D eigenvalue weighted by Crippen LogP contribution is -2.30. The highest BCUT2D eigenvalue weighted by atomic mass is 16.5. The van der Waals surface area contributed by atoms with Crippen LogP contribution in [-0.2, 0) is 14.3 Å². The number of carbonyl (C=O) groups is 3. The van der Waals surface area contributed by atoms with Crippen molar-refractivity contribution in [2.24, 2.45) is 0 Å². The minimum atomic E-state index is -1.03. The maximum Gasteiger partial charge on any atom is 0.342 e. The number of methoxy groups -OCH3 is 2. The van der Waals surface area contributed by atoms with E-state index in [1.807, 2.05) is 0 Å². The molecule has 0 saturated carbocycles. The highest BCUT2D eigenvalue weighted by Gasteiger charge is 2.22. The van der Waals surface area contributed by atoms with Crippen LogP contribution in [0.1, 0.15) is 24.2 Å². The zero-order chi connectivity index (χ0) is 20.7. The summed E-state index contributed by atoms with van der Waals surface area (Å²) >= 11 is 0. The van der Waals surface area contributed by atoms with E-state index in [9.17, 15) is 14.4 Å². The molecule has 2 amide bonds. The van der Waals surface area contributed by atoms with Crippen molar-refractivity contribution in [1.29, 1.82) is 0 Å². The van der Waals surface area contributed by atoms with Gasteiger partial charge in [0.1, 0.15) is 17.1 Å². The minimum Gasteiger partial charge on any atom is -0.497 e. The third kappa shape index (κ3) is 5.47. The smallest absolute Gasteiger partial charge is 0.342 e. The van der Waals surface area contributed by atoms with Crippen molar-refractivity contribution in [1.82, 2.24) is 0 Å². The molecule has 2 N–H and O–H groups in total. The zero-order valence-electron chi connectivity index (χ0n) is 16.1. The molecular weight excluding hydrogens is 364 g/mol. The highest BCUT2D eigenvalue weighted by molar-refractivity contribution is 5.98. The summed E-state index contributed by atoms with van der Waals surface area (Å²) in [6.07, 6.45) is -1.03. The van der Waals surface area contributed by atoms with Gasteiger partial charge in [0.05, 0.1) is 14.2 Å². The minimum absolute atomic E-state index is 0.183.